The van der Waals surface area contributed by atoms with E-state index in [-0.39, 0.29) is 0 Å². The molecule has 0 rings (SSSR count). The monoisotopic (exact) mass is 149 g/mol. The molecule has 4 heteroatoms. The second kappa shape index (κ2) is 6.95. The van der Waals surface area contributed by atoms with Crippen LogP contribution in [0.25, 0.3) is 0 Å². The largest absolute Gasteiger partial charge is 0.388 e. The minimum absolute atomic E-state index is 0.297. The maximum absolute atomic E-state index is 8.98. The molecule has 0 spiro atoms. The van der Waals surface area contributed by atoms with Crippen molar-refractivity contribution in [2.75, 3.05) is 33.5 Å². The van der Waals surface area contributed by atoms with Gasteiger partial charge in [0.2, 0.25) is 0 Å². The van der Waals surface area contributed by atoms with E-state index >= 15 is 0 Å². The quantitative estimate of drug-likeness (QED) is 0.474. The van der Waals surface area contributed by atoms with Gasteiger partial charge in [0.15, 0.2) is 0 Å². The Morgan fingerprint density at radius 3 is 2.70 bits per heavy atom. The van der Waals surface area contributed by atoms with Gasteiger partial charge in [-0.1, -0.05) is 0 Å². The van der Waals surface area contributed by atoms with Crippen LogP contribution in [0.15, 0.2) is 0 Å². The first-order valence-corrected chi connectivity index (χ1v) is 3.26. The lowest BCUT2D eigenvalue weighted by atomic mass is 10.4. The zero-order valence-electron chi connectivity index (χ0n) is 6.25. The molecule has 0 radical (unpaired) electrons. The number of hydrogen-bond acceptors (Lipinski definition) is 4. The van der Waals surface area contributed by atoms with Crippen LogP contribution in [-0.4, -0.2) is 44.7 Å². The van der Waals surface area contributed by atoms with Crippen LogP contribution in [-0.2, 0) is 9.47 Å². The molecule has 0 aliphatic rings. The van der Waals surface area contributed by atoms with Crippen LogP contribution >= 0.6 is 0 Å². The molecule has 0 heterocycles. The van der Waals surface area contributed by atoms with Crippen molar-refractivity contribution in [1.82, 2.24) is 0 Å². The Morgan fingerprint density at radius 1 is 1.50 bits per heavy atom. The summed E-state index contributed by atoms with van der Waals surface area (Å²) in [5, 5.41) is 8.98. The molecule has 1 atom stereocenters. The first-order valence-electron chi connectivity index (χ1n) is 3.26. The van der Waals surface area contributed by atoms with Crippen LogP contribution in [0, 0.1) is 0 Å². The zero-order chi connectivity index (χ0) is 7.82. The minimum atomic E-state index is -0.531. The van der Waals surface area contributed by atoms with Crippen molar-refractivity contribution in [1.29, 1.82) is 0 Å². The highest BCUT2D eigenvalue weighted by molar-refractivity contribution is 4.49. The summed E-state index contributed by atoms with van der Waals surface area (Å²) in [7, 11) is 1.53. The van der Waals surface area contributed by atoms with Crippen LogP contribution in [0.1, 0.15) is 0 Å². The number of methoxy groups -OCH3 is 1. The van der Waals surface area contributed by atoms with E-state index in [0.717, 1.165) is 0 Å². The van der Waals surface area contributed by atoms with Crippen molar-refractivity contribution in [3.8, 4) is 0 Å². The van der Waals surface area contributed by atoms with Gasteiger partial charge >= 0.3 is 0 Å². The first kappa shape index (κ1) is 9.84. The van der Waals surface area contributed by atoms with Gasteiger partial charge in [-0.05, 0) is 0 Å². The summed E-state index contributed by atoms with van der Waals surface area (Å²) in [6, 6.07) is 0. The number of hydrogen-bond donors (Lipinski definition) is 2. The Balaban J connectivity index is 2.97. The molecule has 1 unspecified atom stereocenters. The number of nitrogens with two attached hydrogens (primary N) is 1. The zero-order valence-corrected chi connectivity index (χ0v) is 6.25. The summed E-state index contributed by atoms with van der Waals surface area (Å²) in [6.07, 6.45) is -0.531. The minimum Gasteiger partial charge on any atom is -0.388 e. The van der Waals surface area contributed by atoms with Crippen molar-refractivity contribution < 1.29 is 14.6 Å². The molecule has 4 nitrogen and oxygen atoms in total. The van der Waals surface area contributed by atoms with Crippen molar-refractivity contribution in [3.05, 3.63) is 0 Å². The Kier molecular flexibility index (Phi) is 6.84. The van der Waals surface area contributed by atoms with Gasteiger partial charge in [0, 0.05) is 13.7 Å². The van der Waals surface area contributed by atoms with Crippen molar-refractivity contribution >= 4 is 0 Å². The van der Waals surface area contributed by atoms with Gasteiger partial charge in [0.1, 0.15) is 6.10 Å². The molecule has 0 aliphatic heterocycles. The lowest BCUT2D eigenvalue weighted by Gasteiger charge is -2.08. The molecule has 0 amide bonds. The Hall–Kier alpha value is -0.160. The van der Waals surface area contributed by atoms with Crippen LogP contribution in [0.3, 0.4) is 0 Å². The van der Waals surface area contributed by atoms with Crippen LogP contribution in [0.4, 0.5) is 0 Å². The van der Waals surface area contributed by atoms with E-state index in [1.807, 2.05) is 0 Å². The second-order valence-electron chi connectivity index (χ2n) is 1.97. The average Bonchev–Trinajstić information content (AvgIpc) is 1.89. The first-order chi connectivity index (χ1) is 4.81. The number of aliphatic hydroxyl groups excluding tert-OH is 1. The summed E-state index contributed by atoms with van der Waals surface area (Å²) in [4.78, 5) is 0. The summed E-state index contributed by atoms with van der Waals surface area (Å²) in [5.41, 5.74) is 5.15. The SMILES string of the molecule is COCC(O)COCCN. The van der Waals surface area contributed by atoms with Gasteiger partial charge in [-0.25, -0.2) is 0 Å². The van der Waals surface area contributed by atoms with Crippen LogP contribution < -0.4 is 5.73 Å². The van der Waals surface area contributed by atoms with Gasteiger partial charge in [0.25, 0.3) is 0 Å². The Morgan fingerprint density at radius 2 is 2.20 bits per heavy atom. The smallest absolute Gasteiger partial charge is 0.101 e. The molecule has 10 heavy (non-hydrogen) atoms. The molecule has 0 aromatic heterocycles. The third-order valence-corrected chi connectivity index (χ3v) is 0.931. The van der Waals surface area contributed by atoms with Crippen molar-refractivity contribution in [2.24, 2.45) is 5.73 Å². The molecule has 0 saturated carbocycles. The normalized spacial score (nSPS) is 13.5. The number of aliphatic hydroxyl groups is 1. The van der Waals surface area contributed by atoms with E-state index in [4.69, 9.17) is 15.6 Å². The molecule has 0 saturated heterocycles. The van der Waals surface area contributed by atoms with Crippen LogP contribution in [0.2, 0.25) is 0 Å². The fourth-order valence-electron chi connectivity index (χ4n) is 0.543. The van der Waals surface area contributed by atoms with E-state index in [0.29, 0.717) is 26.4 Å². The molecule has 0 aromatic carbocycles. The van der Waals surface area contributed by atoms with E-state index in [1.165, 1.54) is 7.11 Å². The number of ether oxygens (including phenoxy) is 2. The maximum Gasteiger partial charge on any atom is 0.101 e. The van der Waals surface area contributed by atoms with Gasteiger partial charge in [0.05, 0.1) is 19.8 Å². The molecule has 0 fully saturated rings. The lowest BCUT2D eigenvalue weighted by molar-refractivity contribution is -0.00397. The molecule has 0 aromatic rings. The van der Waals surface area contributed by atoms with E-state index in [9.17, 15) is 0 Å². The van der Waals surface area contributed by atoms with E-state index < -0.39 is 6.10 Å². The molecule has 0 bridgehead atoms. The predicted molar refractivity (Wildman–Crippen MR) is 37.8 cm³/mol. The third kappa shape index (κ3) is 5.97. The summed E-state index contributed by atoms with van der Waals surface area (Å²) in [6.45, 7) is 1.58. The summed E-state index contributed by atoms with van der Waals surface area (Å²) in [5.74, 6) is 0. The maximum atomic E-state index is 8.98. The Labute approximate surface area is 60.9 Å². The lowest BCUT2D eigenvalue weighted by Crippen LogP contribution is -2.22. The predicted octanol–water partition coefficient (Wildman–Crippen LogP) is -1.03. The molecule has 62 valence electrons. The topological polar surface area (TPSA) is 64.7 Å². The second-order valence-corrected chi connectivity index (χ2v) is 1.97. The molecular weight excluding hydrogens is 134 g/mol. The molecular formula is C6H15NO3. The summed E-state index contributed by atoms with van der Waals surface area (Å²) >= 11 is 0. The van der Waals surface area contributed by atoms with Gasteiger partial charge in [-0.2, -0.15) is 0 Å². The fraction of sp³-hybridized carbons (Fsp3) is 1.00. The van der Waals surface area contributed by atoms with Crippen molar-refractivity contribution in [2.45, 2.75) is 6.10 Å². The highest BCUT2D eigenvalue weighted by Gasteiger charge is 2.01. The van der Waals surface area contributed by atoms with Gasteiger partial charge in [-0.15, -0.1) is 0 Å². The molecule has 3 N–H and O–H groups in total. The highest BCUT2D eigenvalue weighted by atomic mass is 16.5. The van der Waals surface area contributed by atoms with E-state index in [2.05, 4.69) is 4.74 Å². The van der Waals surface area contributed by atoms with Crippen LogP contribution in [0.5, 0.6) is 0 Å². The third-order valence-electron chi connectivity index (χ3n) is 0.931. The standard InChI is InChI=1S/C6H15NO3/c1-9-4-6(8)5-10-3-2-7/h6,8H,2-5,7H2,1H3. The molecule has 0 aliphatic carbocycles. The van der Waals surface area contributed by atoms with E-state index in [1.54, 1.807) is 0 Å². The average molecular weight is 149 g/mol. The number of rotatable bonds is 6. The van der Waals surface area contributed by atoms with Gasteiger partial charge in [-0.3, -0.25) is 0 Å². The fourth-order valence-corrected chi connectivity index (χ4v) is 0.543. The summed E-state index contributed by atoms with van der Waals surface area (Å²) < 4.78 is 9.62. The van der Waals surface area contributed by atoms with Crippen molar-refractivity contribution in [3.63, 3.8) is 0 Å². The highest BCUT2D eigenvalue weighted by Crippen LogP contribution is 1.84. The Bertz CT molecular complexity index is 70.0. The van der Waals surface area contributed by atoms with Gasteiger partial charge < -0.3 is 20.3 Å².